The van der Waals surface area contributed by atoms with Gasteiger partial charge in [0.15, 0.2) is 0 Å². The van der Waals surface area contributed by atoms with Crippen LogP contribution in [0.15, 0.2) is 23.8 Å². The lowest BCUT2D eigenvalue weighted by Crippen LogP contribution is -1.99. The highest BCUT2D eigenvalue weighted by Gasteiger charge is 2.03. The predicted octanol–water partition coefficient (Wildman–Crippen LogP) is 3.65. The molecule has 0 heterocycles. The third kappa shape index (κ3) is 137. The molecular formula is C12H27O4P. The Morgan fingerprint density at radius 2 is 1.24 bits per heavy atom. The maximum Gasteiger partial charge on any atom is 0.466 e. The van der Waals surface area contributed by atoms with E-state index in [1.807, 2.05) is 13.8 Å². The Hall–Kier alpha value is -0.410. The molecule has 0 aromatic rings. The fourth-order valence-corrected chi connectivity index (χ4v) is 0.866. The van der Waals surface area contributed by atoms with E-state index in [0.717, 1.165) is 0 Å². The van der Waals surface area contributed by atoms with E-state index in [0.29, 0.717) is 5.41 Å². The first-order chi connectivity index (χ1) is 7.15. The van der Waals surface area contributed by atoms with Crippen LogP contribution in [-0.2, 0) is 4.57 Å². The number of allylic oxidation sites excluding steroid dienone is 3. The lowest BCUT2D eigenvalue weighted by atomic mass is 9.94. The van der Waals surface area contributed by atoms with Crippen molar-refractivity contribution in [2.45, 2.75) is 48.5 Å². The van der Waals surface area contributed by atoms with Gasteiger partial charge in [-0.3, -0.25) is 0 Å². The smallest absolute Gasteiger partial charge is 0.303 e. The zero-order valence-corrected chi connectivity index (χ0v) is 12.9. The highest BCUT2D eigenvalue weighted by molar-refractivity contribution is 7.45. The van der Waals surface area contributed by atoms with Crippen molar-refractivity contribution >= 4 is 7.82 Å². The van der Waals surface area contributed by atoms with E-state index in [9.17, 15) is 0 Å². The Labute approximate surface area is 105 Å². The van der Waals surface area contributed by atoms with Gasteiger partial charge < -0.3 is 14.7 Å². The number of hydrogen-bond donors (Lipinski definition) is 3. The molecule has 0 atom stereocenters. The van der Waals surface area contributed by atoms with Crippen LogP contribution in [0.2, 0.25) is 0 Å². The number of rotatable bonds is 0. The molecular weight excluding hydrogens is 239 g/mol. The zero-order chi connectivity index (χ0) is 14.9. The maximum absolute atomic E-state index is 8.88. The van der Waals surface area contributed by atoms with Crippen LogP contribution in [0.4, 0.5) is 0 Å². The van der Waals surface area contributed by atoms with Crippen LogP contribution >= 0.6 is 7.82 Å². The van der Waals surface area contributed by atoms with E-state index in [-0.39, 0.29) is 0 Å². The minimum Gasteiger partial charge on any atom is -0.303 e. The number of hydrogen-bond acceptors (Lipinski definition) is 1. The van der Waals surface area contributed by atoms with E-state index in [1.54, 1.807) is 0 Å². The molecule has 0 saturated carbocycles. The lowest BCUT2D eigenvalue weighted by Gasteiger charge is -2.11. The molecule has 17 heavy (non-hydrogen) atoms. The lowest BCUT2D eigenvalue weighted by molar-refractivity contribution is 0.275. The largest absolute Gasteiger partial charge is 0.466 e. The van der Waals surface area contributed by atoms with Crippen molar-refractivity contribution in [1.29, 1.82) is 0 Å². The SMILES string of the molecule is C=C(C)C.CC(C)=CC(C)(C)C.O=P(O)(O)O. The van der Waals surface area contributed by atoms with Crippen molar-refractivity contribution in [3.05, 3.63) is 23.8 Å². The minimum absolute atomic E-state index is 0.360. The molecule has 0 radical (unpaired) electrons. The first kappa shape index (κ1) is 21.8. The molecule has 0 fully saturated rings. The Kier molecular flexibility index (Phi) is 12.3. The summed E-state index contributed by atoms with van der Waals surface area (Å²) in [7, 11) is -4.64. The molecule has 0 aromatic carbocycles. The van der Waals surface area contributed by atoms with Crippen molar-refractivity contribution in [3.63, 3.8) is 0 Å². The molecule has 0 spiro atoms. The molecule has 0 aliphatic carbocycles. The van der Waals surface area contributed by atoms with Gasteiger partial charge in [0, 0.05) is 0 Å². The van der Waals surface area contributed by atoms with Gasteiger partial charge in [-0.05, 0) is 33.1 Å². The minimum atomic E-state index is -4.64. The zero-order valence-electron chi connectivity index (χ0n) is 12.0. The van der Waals surface area contributed by atoms with Gasteiger partial charge in [0.25, 0.3) is 0 Å². The van der Waals surface area contributed by atoms with Crippen molar-refractivity contribution in [2.75, 3.05) is 0 Å². The van der Waals surface area contributed by atoms with E-state index in [4.69, 9.17) is 19.2 Å². The average Bonchev–Trinajstić information content (AvgIpc) is 1.71. The summed E-state index contributed by atoms with van der Waals surface area (Å²) in [6.45, 7) is 18.4. The molecule has 5 heteroatoms. The van der Waals surface area contributed by atoms with Gasteiger partial charge in [0.05, 0.1) is 0 Å². The van der Waals surface area contributed by atoms with Gasteiger partial charge in [0.2, 0.25) is 0 Å². The Bertz CT molecular complexity index is 265. The summed E-state index contributed by atoms with van der Waals surface area (Å²) in [5.41, 5.74) is 2.93. The quantitative estimate of drug-likeness (QED) is 0.462. The molecule has 0 aliphatic heterocycles. The van der Waals surface area contributed by atoms with Gasteiger partial charge in [-0.25, -0.2) is 4.57 Å². The summed E-state index contributed by atoms with van der Waals surface area (Å²) in [5.74, 6) is 0. The summed E-state index contributed by atoms with van der Waals surface area (Å²) < 4.78 is 8.88. The molecule has 0 amide bonds. The van der Waals surface area contributed by atoms with Crippen LogP contribution in [-0.4, -0.2) is 14.7 Å². The molecule has 0 bridgehead atoms. The summed E-state index contributed by atoms with van der Waals surface area (Å²) in [4.78, 5) is 21.6. The van der Waals surface area contributed by atoms with Gasteiger partial charge in [-0.15, -0.1) is 6.58 Å². The molecule has 0 aromatic heterocycles. The van der Waals surface area contributed by atoms with Crippen LogP contribution in [0.1, 0.15) is 48.5 Å². The average molecular weight is 266 g/mol. The standard InChI is InChI=1S/C8H16.C4H8.H3O4P/c1-7(2)6-8(3,4)5;1-4(2)3;1-5(2,3)4/h6H,1-5H3;1H2,2-3H3;(H3,1,2,3,4). The third-order valence-corrected chi connectivity index (χ3v) is 0.722. The third-order valence-electron chi connectivity index (χ3n) is 0.722. The first-order valence-corrected chi connectivity index (χ1v) is 6.78. The van der Waals surface area contributed by atoms with E-state index < -0.39 is 7.82 Å². The highest BCUT2D eigenvalue weighted by atomic mass is 31.2. The van der Waals surface area contributed by atoms with Crippen LogP contribution in [0.3, 0.4) is 0 Å². The Morgan fingerprint density at radius 1 is 1.06 bits per heavy atom. The summed E-state index contributed by atoms with van der Waals surface area (Å²) in [5, 5.41) is 0. The van der Waals surface area contributed by atoms with Gasteiger partial charge in [0.1, 0.15) is 0 Å². The van der Waals surface area contributed by atoms with Crippen molar-refractivity contribution in [2.24, 2.45) is 5.41 Å². The van der Waals surface area contributed by atoms with E-state index in [1.165, 1.54) is 11.1 Å². The maximum atomic E-state index is 8.88. The molecule has 0 unspecified atom stereocenters. The van der Waals surface area contributed by atoms with Crippen LogP contribution in [0.25, 0.3) is 0 Å². The van der Waals surface area contributed by atoms with Crippen LogP contribution in [0.5, 0.6) is 0 Å². The molecule has 0 aliphatic rings. The van der Waals surface area contributed by atoms with E-state index >= 15 is 0 Å². The fraction of sp³-hybridized carbons (Fsp3) is 0.667. The highest BCUT2D eigenvalue weighted by Crippen LogP contribution is 2.25. The van der Waals surface area contributed by atoms with Gasteiger partial charge in [-0.1, -0.05) is 38.0 Å². The van der Waals surface area contributed by atoms with Gasteiger partial charge in [-0.2, -0.15) is 0 Å². The van der Waals surface area contributed by atoms with Crippen LogP contribution < -0.4 is 0 Å². The molecule has 104 valence electrons. The Morgan fingerprint density at radius 3 is 1.24 bits per heavy atom. The van der Waals surface area contributed by atoms with Crippen molar-refractivity contribution in [3.8, 4) is 0 Å². The molecule has 3 N–H and O–H groups in total. The Balaban J connectivity index is -0.000000188. The van der Waals surface area contributed by atoms with E-state index in [2.05, 4.69) is 47.3 Å². The monoisotopic (exact) mass is 266 g/mol. The predicted molar refractivity (Wildman–Crippen MR) is 73.6 cm³/mol. The summed E-state index contributed by atoms with van der Waals surface area (Å²) in [6, 6.07) is 0. The molecule has 0 saturated heterocycles. The normalized spacial score (nSPS) is 10.2. The van der Waals surface area contributed by atoms with Crippen LogP contribution in [0, 0.1) is 5.41 Å². The summed E-state index contributed by atoms with van der Waals surface area (Å²) in [6.07, 6.45) is 2.27. The second kappa shape index (κ2) is 9.60. The van der Waals surface area contributed by atoms with Gasteiger partial charge >= 0.3 is 7.82 Å². The van der Waals surface area contributed by atoms with Crippen molar-refractivity contribution < 1.29 is 19.2 Å². The van der Waals surface area contributed by atoms with Crippen molar-refractivity contribution in [1.82, 2.24) is 0 Å². The first-order valence-electron chi connectivity index (χ1n) is 5.21. The molecule has 0 rings (SSSR count). The second-order valence-corrected chi connectivity index (χ2v) is 6.33. The fourth-order valence-electron chi connectivity index (χ4n) is 0.866. The summed E-state index contributed by atoms with van der Waals surface area (Å²) >= 11 is 0. The molecule has 4 nitrogen and oxygen atoms in total. The number of phosphoric acid groups is 1. The topological polar surface area (TPSA) is 77.8 Å². The second-order valence-electron chi connectivity index (χ2n) is 5.31.